The van der Waals surface area contributed by atoms with Gasteiger partial charge in [-0.25, -0.2) is 4.98 Å². The number of rotatable bonds is 5. The number of nitrogens with one attached hydrogen (secondary N) is 1. The molecule has 0 amide bonds. The Morgan fingerprint density at radius 1 is 1.33 bits per heavy atom. The molecule has 0 bridgehead atoms. The molecule has 1 aliphatic heterocycles. The van der Waals surface area contributed by atoms with Crippen LogP contribution >= 0.6 is 11.8 Å². The van der Waals surface area contributed by atoms with Crippen molar-refractivity contribution in [1.82, 2.24) is 14.9 Å². The summed E-state index contributed by atoms with van der Waals surface area (Å²) in [6.45, 7) is 9.17. The Morgan fingerprint density at radius 3 is 2.96 bits per heavy atom. The maximum atomic E-state index is 12.4. The fourth-order valence-electron chi connectivity index (χ4n) is 3.14. The highest BCUT2D eigenvalue weighted by Gasteiger charge is 2.20. The van der Waals surface area contributed by atoms with E-state index in [1.807, 2.05) is 0 Å². The van der Waals surface area contributed by atoms with E-state index in [2.05, 4.69) is 48.9 Å². The van der Waals surface area contributed by atoms with Crippen LogP contribution in [0, 0.1) is 13.8 Å². The first-order chi connectivity index (χ1) is 11.6. The predicted molar refractivity (Wildman–Crippen MR) is 99.6 cm³/mol. The molecule has 0 spiro atoms. The molecular formula is C19H25N3OS. The van der Waals surface area contributed by atoms with Gasteiger partial charge in [0.2, 0.25) is 0 Å². The zero-order chi connectivity index (χ0) is 17.1. The van der Waals surface area contributed by atoms with Gasteiger partial charge in [-0.05, 0) is 37.9 Å². The minimum atomic E-state index is 0.0317. The number of hydrogen-bond donors (Lipinski definition) is 1. The lowest BCUT2D eigenvalue weighted by Crippen LogP contribution is -2.36. The first-order valence-electron chi connectivity index (χ1n) is 8.60. The summed E-state index contributed by atoms with van der Waals surface area (Å²) in [7, 11) is 0. The van der Waals surface area contributed by atoms with E-state index in [4.69, 9.17) is 4.98 Å². The third kappa shape index (κ3) is 3.90. The number of aryl methyl sites for hydroxylation is 2. The number of benzene rings is 1. The van der Waals surface area contributed by atoms with E-state index in [-0.39, 0.29) is 5.56 Å². The monoisotopic (exact) mass is 343 g/mol. The molecular weight excluding hydrogens is 318 g/mol. The van der Waals surface area contributed by atoms with Gasteiger partial charge in [0.05, 0.1) is 11.3 Å². The van der Waals surface area contributed by atoms with Crippen LogP contribution in [-0.2, 0) is 18.7 Å². The molecule has 0 unspecified atom stereocenters. The maximum absolute atomic E-state index is 12.4. The van der Waals surface area contributed by atoms with Crippen LogP contribution in [0.1, 0.15) is 41.3 Å². The van der Waals surface area contributed by atoms with Crippen LogP contribution in [0.2, 0.25) is 0 Å². The molecule has 3 rings (SSSR count). The molecule has 0 fully saturated rings. The van der Waals surface area contributed by atoms with Crippen molar-refractivity contribution in [3.63, 3.8) is 0 Å². The third-order valence-electron chi connectivity index (χ3n) is 4.53. The minimum Gasteiger partial charge on any atom is -0.301 e. The number of nitrogens with zero attached hydrogens (tertiary/aromatic N) is 2. The molecule has 0 atom stereocenters. The van der Waals surface area contributed by atoms with E-state index in [1.165, 1.54) is 16.7 Å². The largest absolute Gasteiger partial charge is 0.301 e. The van der Waals surface area contributed by atoms with E-state index >= 15 is 0 Å². The molecule has 2 heterocycles. The van der Waals surface area contributed by atoms with Crippen LogP contribution in [0.4, 0.5) is 0 Å². The summed E-state index contributed by atoms with van der Waals surface area (Å²) in [6, 6.07) is 6.49. The first kappa shape index (κ1) is 17.2. The Morgan fingerprint density at radius 2 is 2.17 bits per heavy atom. The van der Waals surface area contributed by atoms with Gasteiger partial charge < -0.3 is 4.98 Å². The van der Waals surface area contributed by atoms with Crippen molar-refractivity contribution >= 4 is 11.8 Å². The molecule has 128 valence electrons. The fourth-order valence-corrected chi connectivity index (χ4v) is 4.08. The molecule has 24 heavy (non-hydrogen) atoms. The zero-order valence-corrected chi connectivity index (χ0v) is 15.5. The van der Waals surface area contributed by atoms with Crippen molar-refractivity contribution < 1.29 is 0 Å². The van der Waals surface area contributed by atoms with E-state index in [9.17, 15) is 4.79 Å². The van der Waals surface area contributed by atoms with Crippen molar-refractivity contribution in [2.24, 2.45) is 0 Å². The average molecular weight is 343 g/mol. The van der Waals surface area contributed by atoms with E-state index < -0.39 is 0 Å². The molecule has 1 aromatic heterocycles. The summed E-state index contributed by atoms with van der Waals surface area (Å²) < 4.78 is 0. The highest BCUT2D eigenvalue weighted by molar-refractivity contribution is 7.98. The Kier molecular flexibility index (Phi) is 5.41. The molecule has 0 radical (unpaired) electrons. The van der Waals surface area contributed by atoms with Crippen molar-refractivity contribution in [2.45, 2.75) is 51.1 Å². The van der Waals surface area contributed by atoms with Crippen LogP contribution in [0.3, 0.4) is 0 Å². The summed E-state index contributed by atoms with van der Waals surface area (Å²) in [6.07, 6.45) is 1.99. The maximum Gasteiger partial charge on any atom is 0.256 e. The summed E-state index contributed by atoms with van der Waals surface area (Å²) in [5, 5.41) is 0.739. The Hall–Kier alpha value is -1.59. The molecule has 0 aliphatic carbocycles. The van der Waals surface area contributed by atoms with Crippen LogP contribution in [0.5, 0.6) is 0 Å². The van der Waals surface area contributed by atoms with Gasteiger partial charge in [-0.2, -0.15) is 0 Å². The zero-order valence-electron chi connectivity index (χ0n) is 14.7. The first-order valence-corrected chi connectivity index (χ1v) is 9.58. The molecule has 2 aromatic rings. The second-order valence-corrected chi connectivity index (χ2v) is 7.51. The highest BCUT2D eigenvalue weighted by Crippen LogP contribution is 2.23. The van der Waals surface area contributed by atoms with E-state index in [1.54, 1.807) is 11.8 Å². The molecule has 1 aromatic carbocycles. The second kappa shape index (κ2) is 7.53. The number of hydrogen-bond acceptors (Lipinski definition) is 4. The Labute approximate surface area is 147 Å². The second-order valence-electron chi connectivity index (χ2n) is 6.54. The topological polar surface area (TPSA) is 49.0 Å². The van der Waals surface area contributed by atoms with Crippen LogP contribution in [0.15, 0.2) is 28.2 Å². The SMILES string of the molecule is CCCN1CCc2nc(SCc3cc(C)ccc3C)[nH]c(=O)c2C1. The summed E-state index contributed by atoms with van der Waals surface area (Å²) in [4.78, 5) is 22.5. The number of aromatic nitrogens is 2. The number of fused-ring (bicyclic) bond motifs is 1. The number of H-pyrrole nitrogens is 1. The lowest BCUT2D eigenvalue weighted by molar-refractivity contribution is 0.250. The minimum absolute atomic E-state index is 0.0317. The lowest BCUT2D eigenvalue weighted by atomic mass is 10.1. The molecule has 0 saturated carbocycles. The van der Waals surface area contributed by atoms with Gasteiger partial charge in [0.1, 0.15) is 0 Å². The van der Waals surface area contributed by atoms with Gasteiger partial charge >= 0.3 is 0 Å². The molecule has 4 nitrogen and oxygen atoms in total. The fraction of sp³-hybridized carbons (Fsp3) is 0.474. The standard InChI is InChI=1S/C19H25N3OS/c1-4-8-22-9-7-17-16(11-22)18(23)21-19(20-17)24-12-15-10-13(2)5-6-14(15)3/h5-6,10H,4,7-9,11-12H2,1-3H3,(H,20,21,23). The molecule has 1 aliphatic rings. The predicted octanol–water partition coefficient (Wildman–Crippen LogP) is 3.45. The number of thioether (sulfide) groups is 1. The van der Waals surface area contributed by atoms with Crippen LogP contribution in [0.25, 0.3) is 0 Å². The van der Waals surface area contributed by atoms with E-state index in [0.29, 0.717) is 0 Å². The van der Waals surface area contributed by atoms with Crippen molar-refractivity contribution in [3.8, 4) is 0 Å². The molecule has 0 saturated heterocycles. The van der Waals surface area contributed by atoms with Gasteiger partial charge in [0.25, 0.3) is 5.56 Å². The van der Waals surface area contributed by atoms with Crippen LogP contribution in [-0.4, -0.2) is 28.0 Å². The van der Waals surface area contributed by atoms with Gasteiger partial charge in [-0.3, -0.25) is 9.69 Å². The third-order valence-corrected chi connectivity index (χ3v) is 5.46. The Bertz CT molecular complexity index is 785. The summed E-state index contributed by atoms with van der Waals surface area (Å²) in [5.74, 6) is 0.831. The van der Waals surface area contributed by atoms with E-state index in [0.717, 1.165) is 54.6 Å². The highest BCUT2D eigenvalue weighted by atomic mass is 32.2. The molecule has 5 heteroatoms. The normalized spacial score (nSPS) is 14.6. The van der Waals surface area contributed by atoms with Crippen molar-refractivity contribution in [1.29, 1.82) is 0 Å². The van der Waals surface area contributed by atoms with Gasteiger partial charge in [0.15, 0.2) is 5.16 Å². The van der Waals surface area contributed by atoms with Gasteiger partial charge in [-0.15, -0.1) is 0 Å². The smallest absolute Gasteiger partial charge is 0.256 e. The van der Waals surface area contributed by atoms with Crippen molar-refractivity contribution in [2.75, 3.05) is 13.1 Å². The van der Waals surface area contributed by atoms with Gasteiger partial charge in [-0.1, -0.05) is 42.4 Å². The van der Waals surface area contributed by atoms with Crippen molar-refractivity contribution in [3.05, 3.63) is 56.5 Å². The molecule has 1 N–H and O–H groups in total. The number of aromatic amines is 1. The summed E-state index contributed by atoms with van der Waals surface area (Å²) in [5.41, 5.74) is 5.71. The summed E-state index contributed by atoms with van der Waals surface area (Å²) >= 11 is 1.61. The quantitative estimate of drug-likeness (QED) is 0.667. The Balaban J connectivity index is 1.75. The van der Waals surface area contributed by atoms with Gasteiger partial charge in [0, 0.05) is 25.3 Å². The van der Waals surface area contributed by atoms with Crippen LogP contribution < -0.4 is 5.56 Å². The average Bonchev–Trinajstić information content (AvgIpc) is 2.56. The lowest BCUT2D eigenvalue weighted by Gasteiger charge is -2.27.